The first-order valence-electron chi connectivity index (χ1n) is 5.25. The van der Waals surface area contributed by atoms with E-state index in [-0.39, 0.29) is 11.9 Å². The molecule has 4 heteroatoms. The zero-order valence-corrected chi connectivity index (χ0v) is 10.5. The van der Waals surface area contributed by atoms with Gasteiger partial charge in [-0.3, -0.25) is 4.79 Å². The van der Waals surface area contributed by atoms with Crippen LogP contribution in [-0.2, 0) is 4.79 Å². The van der Waals surface area contributed by atoms with Gasteiger partial charge in [0.25, 0.3) is 0 Å². The largest absolute Gasteiger partial charge is 0.351 e. The van der Waals surface area contributed by atoms with Crippen LogP contribution in [0.5, 0.6) is 0 Å². The van der Waals surface area contributed by atoms with Gasteiger partial charge in [-0.1, -0.05) is 30.3 Å². The van der Waals surface area contributed by atoms with Gasteiger partial charge in [0, 0.05) is 11.8 Å². The first kappa shape index (κ1) is 13.1. The molecule has 0 heterocycles. The topological polar surface area (TPSA) is 55.1 Å². The van der Waals surface area contributed by atoms with Crippen LogP contribution in [0, 0.1) is 0 Å². The SMILES string of the molecule is CSCC(C)NC(=O)C(N)c1ccccc1. The molecule has 0 aliphatic carbocycles. The summed E-state index contributed by atoms with van der Waals surface area (Å²) in [6.07, 6.45) is 2.01. The van der Waals surface area contributed by atoms with E-state index in [2.05, 4.69) is 5.32 Å². The highest BCUT2D eigenvalue weighted by Gasteiger charge is 2.16. The number of nitrogens with two attached hydrogens (primary N) is 1. The number of rotatable bonds is 5. The fourth-order valence-corrected chi connectivity index (χ4v) is 2.02. The number of carbonyl (C=O) groups excluding carboxylic acids is 1. The Morgan fingerprint density at radius 3 is 2.62 bits per heavy atom. The number of carbonyl (C=O) groups is 1. The maximum Gasteiger partial charge on any atom is 0.241 e. The number of nitrogens with one attached hydrogen (secondary N) is 1. The average Bonchev–Trinajstić information content (AvgIpc) is 2.29. The monoisotopic (exact) mass is 238 g/mol. The molecule has 0 radical (unpaired) electrons. The van der Waals surface area contributed by atoms with Crippen molar-refractivity contribution < 1.29 is 4.79 Å². The van der Waals surface area contributed by atoms with Crippen LogP contribution in [0.4, 0.5) is 0 Å². The summed E-state index contributed by atoms with van der Waals surface area (Å²) in [4.78, 5) is 11.8. The lowest BCUT2D eigenvalue weighted by Crippen LogP contribution is -2.40. The van der Waals surface area contributed by atoms with Crippen molar-refractivity contribution in [2.24, 2.45) is 5.73 Å². The average molecular weight is 238 g/mol. The number of amides is 1. The normalized spacial score (nSPS) is 14.2. The quantitative estimate of drug-likeness (QED) is 0.818. The lowest BCUT2D eigenvalue weighted by atomic mass is 10.1. The highest BCUT2D eigenvalue weighted by Crippen LogP contribution is 2.09. The molecule has 2 atom stereocenters. The minimum atomic E-state index is -0.578. The molecule has 0 saturated heterocycles. The fraction of sp³-hybridized carbons (Fsp3) is 0.417. The van der Waals surface area contributed by atoms with Crippen molar-refractivity contribution in [3.8, 4) is 0 Å². The second-order valence-electron chi connectivity index (χ2n) is 3.75. The lowest BCUT2D eigenvalue weighted by molar-refractivity contribution is -0.122. The Labute approximate surface area is 101 Å². The Morgan fingerprint density at radius 2 is 2.06 bits per heavy atom. The minimum Gasteiger partial charge on any atom is -0.351 e. The molecular formula is C12H18N2OS. The fourth-order valence-electron chi connectivity index (χ4n) is 1.44. The third-order valence-corrected chi connectivity index (χ3v) is 3.08. The number of hydrogen-bond acceptors (Lipinski definition) is 3. The molecule has 16 heavy (non-hydrogen) atoms. The van der Waals surface area contributed by atoms with E-state index in [1.54, 1.807) is 11.8 Å². The summed E-state index contributed by atoms with van der Waals surface area (Å²) in [5, 5.41) is 2.89. The Bertz CT molecular complexity index is 329. The summed E-state index contributed by atoms with van der Waals surface area (Å²) >= 11 is 1.70. The van der Waals surface area contributed by atoms with Crippen molar-refractivity contribution in [3.63, 3.8) is 0 Å². The molecule has 88 valence electrons. The summed E-state index contributed by atoms with van der Waals surface area (Å²) in [6, 6.07) is 8.97. The van der Waals surface area contributed by atoms with Gasteiger partial charge in [0.2, 0.25) is 5.91 Å². The molecule has 0 aliphatic heterocycles. The molecule has 0 saturated carbocycles. The number of benzene rings is 1. The lowest BCUT2D eigenvalue weighted by Gasteiger charge is -2.16. The van der Waals surface area contributed by atoms with Crippen LogP contribution in [0.2, 0.25) is 0 Å². The van der Waals surface area contributed by atoms with Gasteiger partial charge >= 0.3 is 0 Å². The maximum absolute atomic E-state index is 11.8. The first-order chi connectivity index (χ1) is 7.65. The molecule has 0 fully saturated rings. The summed E-state index contributed by atoms with van der Waals surface area (Å²) in [6.45, 7) is 1.98. The third kappa shape index (κ3) is 3.87. The summed E-state index contributed by atoms with van der Waals surface area (Å²) in [7, 11) is 0. The van der Waals surface area contributed by atoms with E-state index < -0.39 is 6.04 Å². The second-order valence-corrected chi connectivity index (χ2v) is 4.66. The summed E-state index contributed by atoms with van der Waals surface area (Å²) < 4.78 is 0. The van der Waals surface area contributed by atoms with Crippen molar-refractivity contribution in [1.82, 2.24) is 5.32 Å². The first-order valence-corrected chi connectivity index (χ1v) is 6.64. The molecule has 2 unspecified atom stereocenters. The van der Waals surface area contributed by atoms with E-state index in [0.29, 0.717) is 0 Å². The van der Waals surface area contributed by atoms with Crippen molar-refractivity contribution >= 4 is 17.7 Å². The molecular weight excluding hydrogens is 220 g/mol. The Hall–Kier alpha value is -1.00. The smallest absolute Gasteiger partial charge is 0.241 e. The van der Waals surface area contributed by atoms with Crippen molar-refractivity contribution in [2.75, 3.05) is 12.0 Å². The highest BCUT2D eigenvalue weighted by molar-refractivity contribution is 7.98. The van der Waals surface area contributed by atoms with Crippen LogP contribution in [0.1, 0.15) is 18.5 Å². The van der Waals surface area contributed by atoms with Gasteiger partial charge in [0.15, 0.2) is 0 Å². The highest BCUT2D eigenvalue weighted by atomic mass is 32.2. The second kappa shape index (κ2) is 6.55. The van der Waals surface area contributed by atoms with Crippen LogP contribution in [0.3, 0.4) is 0 Å². The molecule has 0 aliphatic rings. The van der Waals surface area contributed by atoms with Crippen molar-refractivity contribution in [2.45, 2.75) is 19.0 Å². The van der Waals surface area contributed by atoms with Gasteiger partial charge in [0.1, 0.15) is 6.04 Å². The van der Waals surface area contributed by atoms with E-state index in [9.17, 15) is 4.79 Å². The predicted molar refractivity (Wildman–Crippen MR) is 69.4 cm³/mol. The third-order valence-electron chi connectivity index (χ3n) is 2.25. The Kier molecular flexibility index (Phi) is 5.35. The van der Waals surface area contributed by atoms with E-state index in [4.69, 9.17) is 5.73 Å². The van der Waals surface area contributed by atoms with E-state index in [1.165, 1.54) is 0 Å². The molecule has 0 spiro atoms. The standard InChI is InChI=1S/C12H18N2OS/c1-9(8-16-2)14-12(15)11(13)10-6-4-3-5-7-10/h3-7,9,11H,8,13H2,1-2H3,(H,14,15). The van der Waals surface area contributed by atoms with Crippen LogP contribution >= 0.6 is 11.8 Å². The molecule has 0 aromatic heterocycles. The van der Waals surface area contributed by atoms with Gasteiger partial charge in [-0.15, -0.1) is 0 Å². The van der Waals surface area contributed by atoms with Crippen LogP contribution in [0.25, 0.3) is 0 Å². The zero-order chi connectivity index (χ0) is 12.0. The predicted octanol–water partition coefficient (Wildman–Crippen LogP) is 1.55. The molecule has 1 rings (SSSR count). The summed E-state index contributed by atoms with van der Waals surface area (Å²) in [5.74, 6) is 0.778. The van der Waals surface area contributed by atoms with Gasteiger partial charge in [-0.05, 0) is 18.7 Å². The summed E-state index contributed by atoms with van der Waals surface area (Å²) in [5.41, 5.74) is 6.71. The van der Waals surface area contributed by atoms with E-state index >= 15 is 0 Å². The molecule has 1 aromatic rings. The Morgan fingerprint density at radius 1 is 1.44 bits per heavy atom. The van der Waals surface area contributed by atoms with Crippen molar-refractivity contribution in [1.29, 1.82) is 0 Å². The van der Waals surface area contributed by atoms with E-state index in [0.717, 1.165) is 11.3 Å². The van der Waals surface area contributed by atoms with Crippen LogP contribution < -0.4 is 11.1 Å². The zero-order valence-electron chi connectivity index (χ0n) is 9.64. The molecule has 1 amide bonds. The van der Waals surface area contributed by atoms with Crippen LogP contribution in [0.15, 0.2) is 30.3 Å². The number of hydrogen-bond donors (Lipinski definition) is 2. The molecule has 0 bridgehead atoms. The minimum absolute atomic E-state index is 0.118. The number of thioether (sulfide) groups is 1. The van der Waals surface area contributed by atoms with Gasteiger partial charge in [-0.2, -0.15) is 11.8 Å². The van der Waals surface area contributed by atoms with Crippen LogP contribution in [-0.4, -0.2) is 24.0 Å². The Balaban J connectivity index is 2.55. The molecule has 1 aromatic carbocycles. The van der Waals surface area contributed by atoms with Gasteiger partial charge in [0.05, 0.1) is 0 Å². The molecule has 3 N–H and O–H groups in total. The van der Waals surface area contributed by atoms with Crippen molar-refractivity contribution in [3.05, 3.63) is 35.9 Å². The maximum atomic E-state index is 11.8. The van der Waals surface area contributed by atoms with Gasteiger partial charge in [-0.25, -0.2) is 0 Å². The van der Waals surface area contributed by atoms with Gasteiger partial charge < -0.3 is 11.1 Å². The molecule has 3 nitrogen and oxygen atoms in total. The van der Waals surface area contributed by atoms with E-state index in [1.807, 2.05) is 43.5 Å².